The smallest absolute Gasteiger partial charge is 0.236 e. The predicted molar refractivity (Wildman–Crippen MR) is 134 cm³/mol. The second-order valence-electron chi connectivity index (χ2n) is 9.84. The van der Waals surface area contributed by atoms with Crippen molar-refractivity contribution in [1.82, 2.24) is 34.8 Å². The van der Waals surface area contributed by atoms with E-state index in [2.05, 4.69) is 31.2 Å². The van der Waals surface area contributed by atoms with Gasteiger partial charge in [0.25, 0.3) is 0 Å². The highest BCUT2D eigenvalue weighted by molar-refractivity contribution is 5.83. The van der Waals surface area contributed by atoms with E-state index in [1.807, 2.05) is 24.0 Å². The van der Waals surface area contributed by atoms with Gasteiger partial charge in [0.15, 0.2) is 5.69 Å². The van der Waals surface area contributed by atoms with E-state index < -0.39 is 0 Å². The lowest BCUT2D eigenvalue weighted by molar-refractivity contribution is -0.131. The molecular formula is C26H32N8O2. The Morgan fingerprint density at radius 1 is 1.19 bits per heavy atom. The maximum absolute atomic E-state index is 12.4. The zero-order chi connectivity index (χ0) is 25.1. The third-order valence-corrected chi connectivity index (χ3v) is 7.32. The molecule has 36 heavy (non-hydrogen) atoms. The van der Waals surface area contributed by atoms with Crippen molar-refractivity contribution in [1.29, 1.82) is 5.26 Å². The monoisotopic (exact) mass is 488 g/mol. The first kappa shape index (κ1) is 24.1. The van der Waals surface area contributed by atoms with Crippen LogP contribution in [0.15, 0.2) is 18.3 Å². The van der Waals surface area contributed by atoms with Gasteiger partial charge in [-0.2, -0.15) is 5.26 Å². The Balaban J connectivity index is 1.13. The zero-order valence-electron chi connectivity index (χ0n) is 21.0. The number of carbonyl (C=O) groups excluding carboxylic acids is 1. The van der Waals surface area contributed by atoms with E-state index in [9.17, 15) is 10.1 Å². The fourth-order valence-corrected chi connectivity index (χ4v) is 5.12. The highest BCUT2D eigenvalue weighted by Gasteiger charge is 2.24. The molecule has 5 heterocycles. The second kappa shape index (κ2) is 10.6. The molecular weight excluding hydrogens is 456 g/mol. The van der Waals surface area contributed by atoms with E-state index in [4.69, 9.17) is 4.74 Å². The van der Waals surface area contributed by atoms with E-state index >= 15 is 0 Å². The molecule has 0 unspecified atom stereocenters. The summed E-state index contributed by atoms with van der Waals surface area (Å²) in [7, 11) is 1.79. The minimum Gasteiger partial charge on any atom is -0.477 e. The summed E-state index contributed by atoms with van der Waals surface area (Å²) in [6.45, 7) is 6.96. The molecule has 1 amide bonds. The van der Waals surface area contributed by atoms with Crippen molar-refractivity contribution in [2.24, 2.45) is 13.0 Å². The van der Waals surface area contributed by atoms with Crippen molar-refractivity contribution in [2.75, 3.05) is 39.3 Å². The lowest BCUT2D eigenvalue weighted by Gasteiger charge is -2.32. The first-order chi connectivity index (χ1) is 17.5. The van der Waals surface area contributed by atoms with Crippen LogP contribution < -0.4 is 4.74 Å². The van der Waals surface area contributed by atoms with Gasteiger partial charge in [0, 0.05) is 37.5 Å². The topological polar surface area (TPSA) is 113 Å². The van der Waals surface area contributed by atoms with E-state index in [0.29, 0.717) is 36.2 Å². The number of carbonyl (C=O) groups is 1. The molecule has 0 radical (unpaired) electrons. The number of pyridine rings is 2. The van der Waals surface area contributed by atoms with Gasteiger partial charge in [-0.15, -0.1) is 5.10 Å². The van der Waals surface area contributed by atoms with Gasteiger partial charge >= 0.3 is 0 Å². The number of fused-ring (bicyclic) bond motifs is 1. The van der Waals surface area contributed by atoms with Crippen molar-refractivity contribution >= 4 is 16.9 Å². The number of rotatable bonds is 7. The largest absolute Gasteiger partial charge is 0.477 e. The number of ether oxygens (including phenoxy) is 1. The molecule has 2 aliphatic heterocycles. The predicted octanol–water partition coefficient (Wildman–Crippen LogP) is 2.71. The molecule has 2 saturated heterocycles. The molecule has 0 aliphatic carbocycles. The van der Waals surface area contributed by atoms with Gasteiger partial charge in [-0.3, -0.25) is 9.69 Å². The molecule has 0 bridgehead atoms. The Morgan fingerprint density at radius 2 is 1.97 bits per heavy atom. The average Bonchev–Trinajstić information content (AvgIpc) is 3.56. The summed E-state index contributed by atoms with van der Waals surface area (Å²) in [5, 5.41) is 17.5. The van der Waals surface area contributed by atoms with Gasteiger partial charge in [-0.1, -0.05) is 5.21 Å². The molecule has 0 spiro atoms. The van der Waals surface area contributed by atoms with Crippen molar-refractivity contribution in [3.63, 3.8) is 0 Å². The lowest BCUT2D eigenvalue weighted by atomic mass is 9.94. The third kappa shape index (κ3) is 5.16. The minimum absolute atomic E-state index is 0.250. The summed E-state index contributed by atoms with van der Waals surface area (Å²) in [6.07, 6.45) is 7.19. The Hall–Kier alpha value is -3.58. The Morgan fingerprint density at radius 3 is 2.69 bits per heavy atom. The van der Waals surface area contributed by atoms with Crippen LogP contribution in [0.4, 0.5) is 0 Å². The van der Waals surface area contributed by atoms with Crippen molar-refractivity contribution in [3.8, 4) is 23.2 Å². The van der Waals surface area contributed by atoms with Crippen LogP contribution in [-0.2, 0) is 11.8 Å². The van der Waals surface area contributed by atoms with Crippen molar-refractivity contribution < 1.29 is 9.53 Å². The lowest BCUT2D eigenvalue weighted by Crippen LogP contribution is -2.42. The first-order valence-corrected chi connectivity index (χ1v) is 12.7. The molecule has 10 heteroatoms. The van der Waals surface area contributed by atoms with Crippen LogP contribution in [0.3, 0.4) is 0 Å². The van der Waals surface area contributed by atoms with Crippen LogP contribution >= 0.6 is 0 Å². The average molecular weight is 489 g/mol. The molecule has 10 nitrogen and oxygen atoms in total. The standard InChI is InChI=1S/C26H32N8O2/c1-18-13-20(21-14-23-25(22(15-27)29-21)30-31-32(23)2)16-28-26(18)36-12-7-19-5-10-33(11-6-19)17-24(35)34-8-3-4-9-34/h13-14,16,19H,3-12,17H2,1-2H3. The van der Waals surface area contributed by atoms with Crippen LogP contribution in [0.2, 0.25) is 0 Å². The first-order valence-electron chi connectivity index (χ1n) is 12.7. The number of likely N-dealkylation sites (tertiary alicyclic amines) is 2. The zero-order valence-corrected chi connectivity index (χ0v) is 21.0. The molecule has 3 aromatic rings. The van der Waals surface area contributed by atoms with E-state index in [1.54, 1.807) is 17.9 Å². The van der Waals surface area contributed by atoms with Crippen LogP contribution in [0, 0.1) is 24.2 Å². The van der Waals surface area contributed by atoms with E-state index in [-0.39, 0.29) is 11.6 Å². The minimum atomic E-state index is 0.250. The third-order valence-electron chi connectivity index (χ3n) is 7.32. The van der Waals surface area contributed by atoms with Gasteiger partial charge in [-0.05, 0) is 70.2 Å². The summed E-state index contributed by atoms with van der Waals surface area (Å²) in [5.41, 5.74) is 3.89. The van der Waals surface area contributed by atoms with E-state index in [1.165, 1.54) is 0 Å². The quantitative estimate of drug-likeness (QED) is 0.499. The number of hydrogen-bond donors (Lipinski definition) is 0. The van der Waals surface area contributed by atoms with Gasteiger partial charge in [0.1, 0.15) is 11.6 Å². The SMILES string of the molecule is Cc1cc(-c2cc3c(nnn3C)c(C#N)n2)cnc1OCCC1CCN(CC(=O)N2CCCC2)CC1. The molecule has 0 aromatic carbocycles. The summed E-state index contributed by atoms with van der Waals surface area (Å²) in [6, 6.07) is 5.97. The van der Waals surface area contributed by atoms with Crippen LogP contribution in [0.25, 0.3) is 22.3 Å². The summed E-state index contributed by atoms with van der Waals surface area (Å²) in [4.78, 5) is 25.7. The van der Waals surface area contributed by atoms with E-state index in [0.717, 1.165) is 74.9 Å². The van der Waals surface area contributed by atoms with Crippen LogP contribution in [0.1, 0.15) is 43.4 Å². The van der Waals surface area contributed by atoms with Gasteiger partial charge in [-0.25, -0.2) is 14.6 Å². The van der Waals surface area contributed by atoms with Gasteiger partial charge < -0.3 is 9.64 Å². The number of aryl methyl sites for hydroxylation is 2. The highest BCUT2D eigenvalue weighted by atomic mass is 16.5. The second-order valence-corrected chi connectivity index (χ2v) is 9.84. The molecule has 3 aromatic heterocycles. The normalized spacial score (nSPS) is 17.0. The van der Waals surface area contributed by atoms with Crippen molar-refractivity contribution in [2.45, 2.75) is 39.0 Å². The maximum atomic E-state index is 12.4. The van der Waals surface area contributed by atoms with Gasteiger partial charge in [0.2, 0.25) is 11.8 Å². The summed E-state index contributed by atoms with van der Waals surface area (Å²) in [5.74, 6) is 1.52. The summed E-state index contributed by atoms with van der Waals surface area (Å²) >= 11 is 0. The Kier molecular flexibility index (Phi) is 7.09. The Bertz CT molecular complexity index is 1280. The summed E-state index contributed by atoms with van der Waals surface area (Å²) < 4.78 is 7.66. The number of nitrogens with zero attached hydrogens (tertiary/aromatic N) is 8. The van der Waals surface area contributed by atoms with Crippen LogP contribution in [0.5, 0.6) is 5.88 Å². The highest BCUT2D eigenvalue weighted by Crippen LogP contribution is 2.27. The number of nitriles is 1. The molecule has 188 valence electrons. The molecule has 0 atom stereocenters. The fourth-order valence-electron chi connectivity index (χ4n) is 5.12. The number of aromatic nitrogens is 5. The van der Waals surface area contributed by atoms with Crippen molar-refractivity contribution in [3.05, 3.63) is 29.6 Å². The molecule has 0 N–H and O–H groups in total. The number of piperidine rings is 1. The number of hydrogen-bond acceptors (Lipinski definition) is 8. The molecule has 2 fully saturated rings. The van der Waals surface area contributed by atoms with Crippen LogP contribution in [-0.4, -0.2) is 80.0 Å². The molecule has 5 rings (SSSR count). The molecule has 2 aliphatic rings. The Labute approximate surface area is 210 Å². The van der Waals surface area contributed by atoms with Gasteiger partial charge in [0.05, 0.1) is 24.4 Å². The number of amides is 1. The fraction of sp³-hybridized carbons (Fsp3) is 0.538. The molecule has 0 saturated carbocycles. The maximum Gasteiger partial charge on any atom is 0.236 e.